The van der Waals surface area contributed by atoms with Crippen molar-refractivity contribution in [2.45, 2.75) is 13.8 Å². The monoisotopic (exact) mass is 254 g/mol. The van der Waals surface area contributed by atoms with Crippen LogP contribution in [0, 0.1) is 10.1 Å². The topological polar surface area (TPSA) is 105 Å². The highest BCUT2D eigenvalue weighted by Gasteiger charge is 2.25. The van der Waals surface area contributed by atoms with Gasteiger partial charge in [-0.3, -0.25) is 14.9 Å². The summed E-state index contributed by atoms with van der Waals surface area (Å²) >= 11 is 0. The molecule has 1 aromatic carbocycles. The highest BCUT2D eigenvalue weighted by atomic mass is 16.6. The number of benzene rings is 1. The number of nitro groups is 1. The number of nitrogens with zero attached hydrogens (tertiary/aromatic N) is 1. The molecular weight excluding hydrogens is 240 g/mol. The molecule has 1 aromatic rings. The molecule has 1 amide bonds. The van der Waals surface area contributed by atoms with Gasteiger partial charge in [-0.15, -0.1) is 0 Å². The summed E-state index contributed by atoms with van der Waals surface area (Å²) in [4.78, 5) is 21.5. The van der Waals surface area contributed by atoms with Crippen LogP contribution >= 0.6 is 0 Å². The maximum atomic E-state index is 11.3. The lowest BCUT2D eigenvalue weighted by molar-refractivity contribution is -0.385. The van der Waals surface area contributed by atoms with E-state index in [1.54, 1.807) is 13.8 Å². The first-order valence-corrected chi connectivity index (χ1v) is 5.39. The Labute approximate surface area is 104 Å². The van der Waals surface area contributed by atoms with Gasteiger partial charge in [-0.1, -0.05) is 0 Å². The van der Waals surface area contributed by atoms with E-state index in [1.165, 1.54) is 6.07 Å². The molecule has 0 aromatic heterocycles. The molecule has 0 saturated heterocycles. The van der Waals surface area contributed by atoms with Crippen molar-refractivity contribution in [3.05, 3.63) is 27.8 Å². The van der Waals surface area contributed by atoms with Gasteiger partial charge in [-0.2, -0.15) is 0 Å². The van der Waals surface area contributed by atoms with E-state index in [-0.39, 0.29) is 23.7 Å². The number of nitrogens with two attached hydrogens (primary N) is 1. The molecule has 0 aliphatic rings. The zero-order valence-corrected chi connectivity index (χ0v) is 10.1. The van der Waals surface area contributed by atoms with Gasteiger partial charge in [0.1, 0.15) is 11.5 Å². The molecule has 18 heavy (non-hydrogen) atoms. The molecule has 0 aliphatic heterocycles. The van der Waals surface area contributed by atoms with Crippen LogP contribution in [0.4, 0.5) is 5.69 Å². The summed E-state index contributed by atoms with van der Waals surface area (Å²) in [7, 11) is 0. The van der Waals surface area contributed by atoms with Gasteiger partial charge in [0.2, 0.25) is 0 Å². The summed E-state index contributed by atoms with van der Waals surface area (Å²) in [5.41, 5.74) is 4.48. The van der Waals surface area contributed by atoms with Gasteiger partial charge in [0.05, 0.1) is 24.2 Å². The van der Waals surface area contributed by atoms with Crippen molar-refractivity contribution >= 4 is 11.6 Å². The zero-order valence-electron chi connectivity index (χ0n) is 10.1. The number of primary amides is 1. The Hall–Kier alpha value is -2.31. The van der Waals surface area contributed by atoms with Gasteiger partial charge in [0.25, 0.3) is 11.6 Å². The van der Waals surface area contributed by atoms with Crippen LogP contribution in [0.5, 0.6) is 11.5 Å². The SMILES string of the molecule is CCOc1cc(OCC)c(C(N)=O)c([N+](=O)[O-])c1. The van der Waals surface area contributed by atoms with E-state index in [4.69, 9.17) is 15.2 Å². The number of carbonyl (C=O) groups is 1. The first-order valence-electron chi connectivity index (χ1n) is 5.39. The van der Waals surface area contributed by atoms with Gasteiger partial charge in [0.15, 0.2) is 5.56 Å². The largest absolute Gasteiger partial charge is 0.493 e. The Kier molecular flexibility index (Phi) is 4.47. The van der Waals surface area contributed by atoms with Crippen LogP contribution in [-0.4, -0.2) is 24.0 Å². The standard InChI is InChI=1S/C11H14N2O5/c1-3-17-7-5-8(13(15)16)10(11(12)14)9(6-7)18-4-2/h5-6H,3-4H2,1-2H3,(H2,12,14). The average Bonchev–Trinajstić information content (AvgIpc) is 2.28. The number of nitro benzene ring substituents is 1. The lowest BCUT2D eigenvalue weighted by Gasteiger charge is -2.11. The molecule has 98 valence electrons. The Morgan fingerprint density at radius 2 is 1.94 bits per heavy atom. The summed E-state index contributed by atoms with van der Waals surface area (Å²) in [6, 6.07) is 2.58. The molecule has 0 unspecified atom stereocenters. The predicted octanol–water partition coefficient (Wildman–Crippen LogP) is 1.49. The first kappa shape index (κ1) is 13.8. The molecule has 0 heterocycles. The molecular formula is C11H14N2O5. The molecule has 7 nitrogen and oxygen atoms in total. The van der Waals surface area contributed by atoms with Gasteiger partial charge < -0.3 is 15.2 Å². The highest BCUT2D eigenvalue weighted by molar-refractivity contribution is 6.00. The van der Waals surface area contributed by atoms with Gasteiger partial charge >= 0.3 is 0 Å². The van der Waals surface area contributed by atoms with Crippen molar-refractivity contribution in [3.8, 4) is 11.5 Å². The molecule has 0 bridgehead atoms. The van der Waals surface area contributed by atoms with Crippen LogP contribution in [0.15, 0.2) is 12.1 Å². The van der Waals surface area contributed by atoms with E-state index in [0.717, 1.165) is 6.07 Å². The number of ether oxygens (including phenoxy) is 2. The predicted molar refractivity (Wildman–Crippen MR) is 64.0 cm³/mol. The Bertz CT molecular complexity index is 473. The molecule has 0 fully saturated rings. The maximum absolute atomic E-state index is 11.3. The zero-order chi connectivity index (χ0) is 13.7. The number of amides is 1. The summed E-state index contributed by atoms with van der Waals surface area (Å²) < 4.78 is 10.4. The summed E-state index contributed by atoms with van der Waals surface area (Å²) in [5, 5.41) is 10.9. The summed E-state index contributed by atoms with van der Waals surface area (Å²) in [5.74, 6) is -0.589. The molecule has 0 atom stereocenters. The minimum absolute atomic E-state index is 0.0580. The third-order valence-corrected chi connectivity index (χ3v) is 2.11. The molecule has 1 rings (SSSR count). The van der Waals surface area contributed by atoms with Crippen LogP contribution in [0.3, 0.4) is 0 Å². The van der Waals surface area contributed by atoms with Crippen LogP contribution in [-0.2, 0) is 0 Å². The quantitative estimate of drug-likeness (QED) is 0.611. The van der Waals surface area contributed by atoms with Crippen LogP contribution in [0.25, 0.3) is 0 Å². The van der Waals surface area contributed by atoms with Gasteiger partial charge in [0, 0.05) is 6.07 Å². The van der Waals surface area contributed by atoms with E-state index in [1.807, 2.05) is 0 Å². The Morgan fingerprint density at radius 1 is 1.33 bits per heavy atom. The normalized spacial score (nSPS) is 9.89. The fourth-order valence-corrected chi connectivity index (χ4v) is 1.49. The Balaban J connectivity index is 3.44. The second kappa shape index (κ2) is 5.85. The molecule has 0 spiro atoms. The minimum Gasteiger partial charge on any atom is -0.493 e. The fourth-order valence-electron chi connectivity index (χ4n) is 1.49. The lowest BCUT2D eigenvalue weighted by Crippen LogP contribution is -2.15. The lowest BCUT2D eigenvalue weighted by atomic mass is 10.1. The van der Waals surface area contributed by atoms with Crippen molar-refractivity contribution in [1.29, 1.82) is 0 Å². The molecule has 0 saturated carbocycles. The van der Waals surface area contributed by atoms with Gasteiger partial charge in [-0.25, -0.2) is 0 Å². The number of carbonyl (C=O) groups excluding carboxylic acids is 1. The minimum atomic E-state index is -0.909. The molecule has 0 aliphatic carbocycles. The third kappa shape index (κ3) is 2.88. The van der Waals surface area contributed by atoms with Crippen molar-refractivity contribution in [1.82, 2.24) is 0 Å². The fraction of sp³-hybridized carbons (Fsp3) is 0.364. The van der Waals surface area contributed by atoms with E-state index < -0.39 is 16.5 Å². The van der Waals surface area contributed by atoms with E-state index >= 15 is 0 Å². The first-order chi connectivity index (χ1) is 8.51. The van der Waals surface area contributed by atoms with Crippen molar-refractivity contribution < 1.29 is 19.2 Å². The second-order valence-electron chi connectivity index (χ2n) is 3.30. The molecule has 7 heteroatoms. The van der Waals surface area contributed by atoms with Crippen molar-refractivity contribution in [2.24, 2.45) is 5.73 Å². The molecule has 2 N–H and O–H groups in total. The van der Waals surface area contributed by atoms with Crippen molar-refractivity contribution in [3.63, 3.8) is 0 Å². The van der Waals surface area contributed by atoms with E-state index in [9.17, 15) is 14.9 Å². The summed E-state index contributed by atoms with van der Waals surface area (Å²) in [6.45, 7) is 4.05. The molecule has 0 radical (unpaired) electrons. The Morgan fingerprint density at radius 3 is 2.39 bits per heavy atom. The highest BCUT2D eigenvalue weighted by Crippen LogP contribution is 2.33. The second-order valence-corrected chi connectivity index (χ2v) is 3.30. The summed E-state index contributed by atoms with van der Waals surface area (Å²) in [6.07, 6.45) is 0. The maximum Gasteiger partial charge on any atom is 0.289 e. The number of hydrogen-bond acceptors (Lipinski definition) is 5. The average molecular weight is 254 g/mol. The van der Waals surface area contributed by atoms with Gasteiger partial charge in [-0.05, 0) is 13.8 Å². The van der Waals surface area contributed by atoms with E-state index in [0.29, 0.717) is 6.61 Å². The number of rotatable bonds is 6. The van der Waals surface area contributed by atoms with Crippen molar-refractivity contribution in [2.75, 3.05) is 13.2 Å². The number of hydrogen-bond donors (Lipinski definition) is 1. The van der Waals surface area contributed by atoms with Crippen LogP contribution < -0.4 is 15.2 Å². The third-order valence-electron chi connectivity index (χ3n) is 2.11. The van der Waals surface area contributed by atoms with Crippen LogP contribution in [0.1, 0.15) is 24.2 Å². The smallest absolute Gasteiger partial charge is 0.289 e. The van der Waals surface area contributed by atoms with E-state index in [2.05, 4.69) is 0 Å². The van der Waals surface area contributed by atoms with Crippen LogP contribution in [0.2, 0.25) is 0 Å².